The van der Waals surface area contributed by atoms with E-state index in [2.05, 4.69) is 11.9 Å². The Labute approximate surface area is 190 Å². The highest BCUT2D eigenvalue weighted by Gasteiger charge is 2.40. The van der Waals surface area contributed by atoms with Crippen molar-refractivity contribution in [2.45, 2.75) is 35.4 Å². The van der Waals surface area contributed by atoms with Crippen LogP contribution in [0.2, 0.25) is 0 Å². The first-order valence-corrected chi connectivity index (χ1v) is 10.5. The maximum absolute atomic E-state index is 12.1. The fourth-order valence-corrected chi connectivity index (χ4v) is 3.16. The lowest BCUT2D eigenvalue weighted by molar-refractivity contribution is -0.151. The molecule has 5 nitrogen and oxygen atoms in total. The Balaban J connectivity index is 1.69. The highest BCUT2D eigenvalue weighted by atomic mass is 35.6. The normalized spacial score (nSPS) is 22.0. The van der Waals surface area contributed by atoms with E-state index in [0.29, 0.717) is 18.8 Å². The summed E-state index contributed by atoms with van der Waals surface area (Å²) in [6, 6.07) is 19.5. The third-order valence-corrected chi connectivity index (χ3v) is 5.08. The summed E-state index contributed by atoms with van der Waals surface area (Å²) >= 11 is 17.0. The van der Waals surface area contributed by atoms with Gasteiger partial charge >= 0.3 is 0 Å². The molecule has 1 aliphatic heterocycles. The summed E-state index contributed by atoms with van der Waals surface area (Å²) in [5.74, 6) is -0.802. The Morgan fingerprint density at radius 2 is 1.53 bits per heavy atom. The number of amides is 1. The maximum atomic E-state index is 12.1. The number of ether oxygens (including phenoxy) is 3. The van der Waals surface area contributed by atoms with Crippen molar-refractivity contribution in [3.05, 3.63) is 83.9 Å². The number of nitrogens with one attached hydrogen (secondary N) is 1. The molecule has 1 aliphatic rings. The van der Waals surface area contributed by atoms with Gasteiger partial charge in [-0.3, -0.25) is 4.79 Å². The Morgan fingerprint density at radius 3 is 2.07 bits per heavy atom. The van der Waals surface area contributed by atoms with Crippen LogP contribution in [0.1, 0.15) is 11.1 Å². The zero-order chi connectivity index (χ0) is 21.6. The van der Waals surface area contributed by atoms with E-state index in [-0.39, 0.29) is 6.61 Å². The van der Waals surface area contributed by atoms with E-state index >= 15 is 0 Å². The number of hydrogen-bond donors (Lipinski definition) is 1. The van der Waals surface area contributed by atoms with Crippen molar-refractivity contribution >= 4 is 40.7 Å². The molecule has 1 fully saturated rings. The van der Waals surface area contributed by atoms with Crippen LogP contribution in [0, 0.1) is 0 Å². The SMILES string of the molecule is C=C1[C@H](NC(=O)C(Cl)(Cl)Cl)OC[C@@H](OCc2ccccc2)[C@@H]1OCc1ccccc1. The minimum absolute atomic E-state index is 0.177. The Kier molecular flexibility index (Phi) is 8.17. The number of alkyl halides is 3. The molecule has 0 aliphatic carbocycles. The minimum Gasteiger partial charge on any atom is -0.368 e. The summed E-state index contributed by atoms with van der Waals surface area (Å²) in [5.41, 5.74) is 2.51. The smallest absolute Gasteiger partial charge is 0.274 e. The summed E-state index contributed by atoms with van der Waals surface area (Å²) in [4.78, 5) is 12.1. The lowest BCUT2D eigenvalue weighted by atomic mass is 10.0. The molecule has 0 saturated carbocycles. The molecule has 0 aromatic heterocycles. The first kappa shape index (κ1) is 23.1. The second kappa shape index (κ2) is 10.6. The lowest BCUT2D eigenvalue weighted by Gasteiger charge is -2.38. The van der Waals surface area contributed by atoms with Gasteiger partial charge in [0.15, 0.2) is 6.23 Å². The molecule has 3 rings (SSSR count). The van der Waals surface area contributed by atoms with Gasteiger partial charge in [0.05, 0.1) is 19.8 Å². The van der Waals surface area contributed by atoms with Crippen LogP contribution in [-0.2, 0) is 32.2 Å². The fourth-order valence-electron chi connectivity index (χ4n) is 3.00. The van der Waals surface area contributed by atoms with Crippen LogP contribution in [0.25, 0.3) is 0 Å². The molecule has 1 amide bonds. The fraction of sp³-hybridized carbons (Fsp3) is 0.318. The summed E-state index contributed by atoms with van der Waals surface area (Å²) < 4.78 is 15.8. The van der Waals surface area contributed by atoms with Gasteiger partial charge in [0, 0.05) is 5.57 Å². The third kappa shape index (κ3) is 6.45. The first-order valence-electron chi connectivity index (χ1n) is 9.33. The van der Waals surface area contributed by atoms with E-state index in [1.807, 2.05) is 60.7 Å². The van der Waals surface area contributed by atoms with E-state index in [4.69, 9.17) is 49.0 Å². The molecule has 2 aromatic rings. The molecule has 3 atom stereocenters. The van der Waals surface area contributed by atoms with E-state index in [9.17, 15) is 4.79 Å². The van der Waals surface area contributed by atoms with Crippen molar-refractivity contribution in [3.8, 4) is 0 Å². The topological polar surface area (TPSA) is 56.8 Å². The molecule has 1 saturated heterocycles. The second-order valence-corrected chi connectivity index (χ2v) is 9.09. The van der Waals surface area contributed by atoms with Gasteiger partial charge in [-0.25, -0.2) is 0 Å². The van der Waals surface area contributed by atoms with Gasteiger partial charge in [0.2, 0.25) is 0 Å². The van der Waals surface area contributed by atoms with Crippen molar-refractivity contribution in [2.75, 3.05) is 6.61 Å². The zero-order valence-corrected chi connectivity index (χ0v) is 18.4. The van der Waals surface area contributed by atoms with Gasteiger partial charge in [-0.1, -0.05) is 102 Å². The van der Waals surface area contributed by atoms with Gasteiger partial charge in [0.1, 0.15) is 12.2 Å². The van der Waals surface area contributed by atoms with Gasteiger partial charge in [-0.15, -0.1) is 0 Å². The quantitative estimate of drug-likeness (QED) is 0.476. The van der Waals surface area contributed by atoms with E-state index in [0.717, 1.165) is 11.1 Å². The maximum Gasteiger partial charge on any atom is 0.274 e. The number of halogens is 3. The number of carbonyl (C=O) groups is 1. The predicted octanol–water partition coefficient (Wildman–Crippen LogP) is 4.56. The van der Waals surface area contributed by atoms with Crippen LogP contribution in [0.3, 0.4) is 0 Å². The molecule has 8 heteroatoms. The highest BCUT2D eigenvalue weighted by molar-refractivity contribution is 6.76. The first-order chi connectivity index (χ1) is 14.3. The van der Waals surface area contributed by atoms with Crippen LogP contribution < -0.4 is 5.32 Å². The number of carbonyl (C=O) groups excluding carboxylic acids is 1. The molecule has 160 valence electrons. The second-order valence-electron chi connectivity index (χ2n) is 6.81. The summed E-state index contributed by atoms with van der Waals surface area (Å²) in [5, 5.41) is 2.54. The summed E-state index contributed by atoms with van der Waals surface area (Å²) in [7, 11) is 0. The monoisotopic (exact) mass is 469 g/mol. The lowest BCUT2D eigenvalue weighted by Crippen LogP contribution is -2.53. The zero-order valence-electron chi connectivity index (χ0n) is 16.1. The molecule has 1 heterocycles. The van der Waals surface area contributed by atoms with Crippen LogP contribution in [0.5, 0.6) is 0 Å². The summed E-state index contributed by atoms with van der Waals surface area (Å²) in [6.07, 6.45) is -1.80. The Hall–Kier alpha value is -1.60. The molecule has 30 heavy (non-hydrogen) atoms. The van der Waals surface area contributed by atoms with Gasteiger partial charge < -0.3 is 19.5 Å². The molecular formula is C22H22Cl3NO4. The van der Waals surface area contributed by atoms with Gasteiger partial charge in [-0.05, 0) is 11.1 Å². The number of hydrogen-bond acceptors (Lipinski definition) is 4. The Bertz CT molecular complexity index is 842. The minimum atomic E-state index is -2.11. The largest absolute Gasteiger partial charge is 0.368 e. The molecule has 1 N–H and O–H groups in total. The highest BCUT2D eigenvalue weighted by Crippen LogP contribution is 2.29. The van der Waals surface area contributed by atoms with Crippen molar-refractivity contribution in [1.29, 1.82) is 0 Å². The van der Waals surface area contributed by atoms with Crippen LogP contribution in [0.15, 0.2) is 72.8 Å². The van der Waals surface area contributed by atoms with Crippen molar-refractivity contribution in [1.82, 2.24) is 5.32 Å². The van der Waals surface area contributed by atoms with E-state index in [1.165, 1.54) is 0 Å². The standard InChI is InChI=1S/C22H22Cl3NO4/c1-15-19(29-13-17-10-6-3-7-11-17)18(28-12-16-8-4-2-5-9-16)14-30-20(15)26-21(27)22(23,24)25/h2-11,18-20H,1,12-14H2,(H,26,27)/t18-,19-,20-/m1/s1. The van der Waals surface area contributed by atoms with Crippen molar-refractivity contribution in [3.63, 3.8) is 0 Å². The molecule has 0 bridgehead atoms. The van der Waals surface area contributed by atoms with E-state index in [1.54, 1.807) is 0 Å². The number of rotatable bonds is 7. The molecule has 0 radical (unpaired) electrons. The van der Waals surface area contributed by atoms with Crippen LogP contribution >= 0.6 is 34.8 Å². The average Bonchev–Trinajstić information content (AvgIpc) is 2.74. The average molecular weight is 471 g/mol. The van der Waals surface area contributed by atoms with Crippen LogP contribution in [-0.4, -0.2) is 34.7 Å². The Morgan fingerprint density at radius 1 is 1.00 bits per heavy atom. The van der Waals surface area contributed by atoms with Crippen molar-refractivity contribution < 1.29 is 19.0 Å². The van der Waals surface area contributed by atoms with E-state index < -0.39 is 28.1 Å². The molecule has 2 aromatic carbocycles. The van der Waals surface area contributed by atoms with Gasteiger partial charge in [0.25, 0.3) is 9.70 Å². The predicted molar refractivity (Wildman–Crippen MR) is 117 cm³/mol. The van der Waals surface area contributed by atoms with Crippen molar-refractivity contribution in [2.24, 2.45) is 0 Å². The molecule has 0 unspecified atom stereocenters. The number of benzene rings is 2. The van der Waals surface area contributed by atoms with Crippen LogP contribution in [0.4, 0.5) is 0 Å². The molecule has 0 spiro atoms. The van der Waals surface area contributed by atoms with Gasteiger partial charge in [-0.2, -0.15) is 0 Å². The summed E-state index contributed by atoms with van der Waals surface area (Å²) in [6.45, 7) is 4.97. The molecular weight excluding hydrogens is 449 g/mol. The third-order valence-electron chi connectivity index (χ3n) is 4.57.